The van der Waals surface area contributed by atoms with Crippen LogP contribution in [0.4, 0.5) is 24.5 Å². The van der Waals surface area contributed by atoms with Crippen molar-refractivity contribution >= 4 is 11.4 Å². The third kappa shape index (κ3) is 3.72. The summed E-state index contributed by atoms with van der Waals surface area (Å²) in [5.74, 6) is -6.45. The van der Waals surface area contributed by atoms with Crippen LogP contribution in [0, 0.1) is 37.7 Å². The van der Waals surface area contributed by atoms with E-state index in [9.17, 15) is 43.6 Å². The second-order valence-electron chi connectivity index (χ2n) is 6.22. The first-order valence-corrected chi connectivity index (χ1v) is 8.19. The van der Waals surface area contributed by atoms with Gasteiger partial charge in [-0.1, -0.05) is 12.1 Å². The molecule has 0 amide bonds. The standard InChI is InChI=1S/C19H11F3N2O6/c20-10-3-1-9(2-4-10)17(13-5-11(21)7-15(18(13)25)23(27)28)14-6-12(22)8-16(19(14)26)24(29)30/h1-8,17,25-26H. The van der Waals surface area contributed by atoms with E-state index in [1.165, 1.54) is 0 Å². The highest BCUT2D eigenvalue weighted by Crippen LogP contribution is 2.46. The van der Waals surface area contributed by atoms with E-state index < -0.39 is 67.2 Å². The molecule has 8 nitrogen and oxygen atoms in total. The van der Waals surface area contributed by atoms with Crippen molar-refractivity contribution < 1.29 is 33.2 Å². The number of aromatic hydroxyl groups is 2. The summed E-state index contributed by atoms with van der Waals surface area (Å²) in [7, 11) is 0. The highest BCUT2D eigenvalue weighted by molar-refractivity contribution is 5.62. The van der Waals surface area contributed by atoms with Gasteiger partial charge >= 0.3 is 11.4 Å². The molecule has 3 rings (SSSR count). The van der Waals surface area contributed by atoms with Crippen LogP contribution in [0.25, 0.3) is 0 Å². The van der Waals surface area contributed by atoms with Crippen LogP contribution in [0.2, 0.25) is 0 Å². The quantitative estimate of drug-likeness (QED) is 0.355. The minimum Gasteiger partial charge on any atom is -0.502 e. The summed E-state index contributed by atoms with van der Waals surface area (Å²) >= 11 is 0. The minimum absolute atomic E-state index is 0.0433. The minimum atomic E-state index is -1.51. The van der Waals surface area contributed by atoms with Gasteiger partial charge in [-0.25, -0.2) is 13.2 Å². The summed E-state index contributed by atoms with van der Waals surface area (Å²) in [5.41, 5.74) is -2.95. The normalized spacial score (nSPS) is 10.9. The van der Waals surface area contributed by atoms with Crippen LogP contribution in [-0.2, 0) is 0 Å². The number of phenolic OH excluding ortho intramolecular Hbond substituents is 2. The van der Waals surface area contributed by atoms with Crippen LogP contribution in [-0.4, -0.2) is 20.1 Å². The number of rotatable bonds is 5. The van der Waals surface area contributed by atoms with Crippen LogP contribution in [0.3, 0.4) is 0 Å². The van der Waals surface area contributed by atoms with Gasteiger partial charge in [0.15, 0.2) is 11.5 Å². The molecule has 0 unspecified atom stereocenters. The molecule has 0 aliphatic carbocycles. The Kier molecular flexibility index (Phi) is 5.28. The van der Waals surface area contributed by atoms with E-state index in [1.54, 1.807) is 0 Å². The largest absolute Gasteiger partial charge is 0.502 e. The molecule has 0 atom stereocenters. The van der Waals surface area contributed by atoms with Crippen LogP contribution in [0.15, 0.2) is 48.5 Å². The fraction of sp³-hybridized carbons (Fsp3) is 0.0526. The molecule has 0 saturated heterocycles. The molecule has 3 aromatic carbocycles. The summed E-state index contributed by atoms with van der Waals surface area (Å²) < 4.78 is 41.6. The fourth-order valence-corrected chi connectivity index (χ4v) is 3.11. The van der Waals surface area contributed by atoms with Gasteiger partial charge in [0.05, 0.1) is 22.0 Å². The molecule has 0 saturated carbocycles. The van der Waals surface area contributed by atoms with Crippen molar-refractivity contribution in [3.63, 3.8) is 0 Å². The zero-order valence-electron chi connectivity index (χ0n) is 14.8. The van der Waals surface area contributed by atoms with E-state index in [1.807, 2.05) is 0 Å². The molecule has 0 radical (unpaired) electrons. The molecule has 2 N–H and O–H groups in total. The van der Waals surface area contributed by atoms with Crippen molar-refractivity contribution in [2.75, 3.05) is 0 Å². The lowest BCUT2D eigenvalue weighted by Crippen LogP contribution is -2.08. The maximum absolute atomic E-state index is 14.1. The molecule has 0 fully saturated rings. The van der Waals surface area contributed by atoms with Gasteiger partial charge in [0.2, 0.25) is 0 Å². The van der Waals surface area contributed by atoms with Gasteiger partial charge in [-0.15, -0.1) is 0 Å². The van der Waals surface area contributed by atoms with Gasteiger partial charge in [-0.05, 0) is 29.8 Å². The molecular weight excluding hydrogens is 409 g/mol. The summed E-state index contributed by atoms with van der Waals surface area (Å²) in [4.78, 5) is 20.2. The number of nitrogens with zero attached hydrogens (tertiary/aromatic N) is 2. The first-order valence-electron chi connectivity index (χ1n) is 8.19. The Morgan fingerprint density at radius 2 is 1.10 bits per heavy atom. The van der Waals surface area contributed by atoms with Gasteiger partial charge in [-0.3, -0.25) is 20.2 Å². The Morgan fingerprint density at radius 3 is 1.47 bits per heavy atom. The van der Waals surface area contributed by atoms with Crippen molar-refractivity contribution in [2.24, 2.45) is 0 Å². The maximum atomic E-state index is 14.1. The predicted molar refractivity (Wildman–Crippen MR) is 96.8 cm³/mol. The Labute approximate surface area is 165 Å². The number of hydrogen-bond donors (Lipinski definition) is 2. The van der Waals surface area contributed by atoms with E-state index in [2.05, 4.69) is 0 Å². The van der Waals surface area contributed by atoms with Crippen LogP contribution < -0.4 is 0 Å². The van der Waals surface area contributed by atoms with Gasteiger partial charge in [0.25, 0.3) is 0 Å². The molecular formula is C19H11F3N2O6. The Morgan fingerprint density at radius 1 is 0.700 bits per heavy atom. The number of hydrogen-bond acceptors (Lipinski definition) is 6. The number of halogens is 3. The highest BCUT2D eigenvalue weighted by Gasteiger charge is 2.32. The molecule has 0 aliphatic heterocycles. The zero-order chi connectivity index (χ0) is 22.2. The molecule has 0 bridgehead atoms. The van der Waals surface area contributed by atoms with Gasteiger partial charge < -0.3 is 10.2 Å². The first-order chi connectivity index (χ1) is 14.1. The lowest BCUT2D eigenvalue weighted by atomic mass is 9.83. The lowest BCUT2D eigenvalue weighted by molar-refractivity contribution is -0.386. The van der Waals surface area contributed by atoms with Crippen LogP contribution in [0.5, 0.6) is 11.5 Å². The number of phenols is 2. The van der Waals surface area contributed by atoms with E-state index in [0.717, 1.165) is 24.3 Å². The second kappa shape index (κ2) is 7.70. The third-order valence-corrected chi connectivity index (χ3v) is 4.39. The number of nitro groups is 2. The number of nitro benzene ring substituents is 2. The Balaban J connectivity index is 2.40. The van der Waals surface area contributed by atoms with E-state index >= 15 is 0 Å². The highest BCUT2D eigenvalue weighted by atomic mass is 19.1. The molecule has 0 spiro atoms. The topological polar surface area (TPSA) is 127 Å². The van der Waals surface area contributed by atoms with Gasteiger partial charge in [0.1, 0.15) is 17.5 Å². The molecule has 11 heteroatoms. The SMILES string of the molecule is O=[N+]([O-])c1cc(F)cc(C(c2ccc(F)cc2)c2cc(F)cc([N+](=O)[O-])c2O)c1O. The molecule has 154 valence electrons. The monoisotopic (exact) mass is 420 g/mol. The van der Waals surface area contributed by atoms with Crippen LogP contribution in [0.1, 0.15) is 22.6 Å². The summed E-state index contributed by atoms with van der Waals surface area (Å²) in [6.07, 6.45) is 0. The third-order valence-electron chi connectivity index (χ3n) is 4.39. The van der Waals surface area contributed by atoms with Crippen molar-refractivity contribution in [2.45, 2.75) is 5.92 Å². The summed E-state index contributed by atoms with van der Waals surface area (Å²) in [5, 5.41) is 43.1. The molecule has 0 heterocycles. The van der Waals surface area contributed by atoms with Crippen molar-refractivity contribution in [3.8, 4) is 11.5 Å². The molecule has 30 heavy (non-hydrogen) atoms. The maximum Gasteiger partial charge on any atom is 0.313 e. The molecule has 0 aliphatic rings. The van der Waals surface area contributed by atoms with E-state index in [0.29, 0.717) is 24.3 Å². The summed E-state index contributed by atoms with van der Waals surface area (Å²) in [6.45, 7) is 0. The lowest BCUT2D eigenvalue weighted by Gasteiger charge is -2.21. The number of benzene rings is 3. The molecule has 3 aromatic rings. The van der Waals surface area contributed by atoms with E-state index in [-0.39, 0.29) is 5.56 Å². The fourth-order valence-electron chi connectivity index (χ4n) is 3.11. The van der Waals surface area contributed by atoms with Gasteiger partial charge in [-0.2, -0.15) is 0 Å². The average Bonchev–Trinajstić information content (AvgIpc) is 2.67. The van der Waals surface area contributed by atoms with Crippen LogP contribution >= 0.6 is 0 Å². The zero-order valence-corrected chi connectivity index (χ0v) is 14.8. The predicted octanol–water partition coefficient (Wildman–Crippen LogP) is 4.51. The molecule has 0 aromatic heterocycles. The van der Waals surface area contributed by atoms with Crippen molar-refractivity contribution in [1.82, 2.24) is 0 Å². The van der Waals surface area contributed by atoms with E-state index in [4.69, 9.17) is 0 Å². The summed E-state index contributed by atoms with van der Waals surface area (Å²) in [6, 6.07) is 6.54. The van der Waals surface area contributed by atoms with Gasteiger partial charge in [0, 0.05) is 17.0 Å². The van der Waals surface area contributed by atoms with Crippen molar-refractivity contribution in [1.29, 1.82) is 0 Å². The van der Waals surface area contributed by atoms with Crippen molar-refractivity contribution in [3.05, 3.63) is 103 Å². The average molecular weight is 420 g/mol. The Hall–Kier alpha value is -4.15. The first kappa shape index (κ1) is 20.6. The smallest absolute Gasteiger partial charge is 0.313 e. The Bertz CT molecular complexity index is 1100. The second-order valence-corrected chi connectivity index (χ2v) is 6.22.